The van der Waals surface area contributed by atoms with E-state index in [1.807, 2.05) is 12.3 Å². The topological polar surface area (TPSA) is 67.1 Å². The van der Waals surface area contributed by atoms with Gasteiger partial charge in [-0.05, 0) is 68.3 Å². The van der Waals surface area contributed by atoms with Crippen LogP contribution in [0, 0.1) is 23.7 Å². The lowest BCUT2D eigenvalue weighted by Crippen LogP contribution is -2.51. The molecule has 0 radical (unpaired) electrons. The molecule has 3 N–H and O–H groups in total. The molecule has 0 spiro atoms. The van der Waals surface area contributed by atoms with Crippen molar-refractivity contribution in [1.82, 2.24) is 9.97 Å². The van der Waals surface area contributed by atoms with Gasteiger partial charge in [0, 0.05) is 31.4 Å². The first kappa shape index (κ1) is 14.0. The molecule has 5 heteroatoms. The van der Waals surface area contributed by atoms with Gasteiger partial charge >= 0.3 is 0 Å². The molecule has 1 aliphatic heterocycles. The predicted octanol–water partition coefficient (Wildman–Crippen LogP) is 2.25. The summed E-state index contributed by atoms with van der Waals surface area (Å²) >= 11 is 0. The van der Waals surface area contributed by atoms with E-state index in [-0.39, 0.29) is 6.04 Å². The van der Waals surface area contributed by atoms with Crippen molar-refractivity contribution in [3.05, 3.63) is 12.3 Å². The Kier molecular flexibility index (Phi) is 3.25. The fourth-order valence-corrected chi connectivity index (χ4v) is 5.90. The highest BCUT2D eigenvalue weighted by Gasteiger charge is 2.48. The molecule has 4 aliphatic carbocycles. The monoisotopic (exact) mass is 313 g/mol. The van der Waals surface area contributed by atoms with E-state index in [1.165, 1.54) is 32.1 Å². The van der Waals surface area contributed by atoms with E-state index in [1.54, 1.807) is 0 Å². The van der Waals surface area contributed by atoms with Gasteiger partial charge in [-0.2, -0.15) is 4.98 Å². The summed E-state index contributed by atoms with van der Waals surface area (Å²) in [5, 5.41) is 3.72. The second-order valence-electron chi connectivity index (χ2n) is 8.33. The van der Waals surface area contributed by atoms with E-state index >= 15 is 0 Å². The minimum atomic E-state index is 0.283. The van der Waals surface area contributed by atoms with E-state index in [0.29, 0.717) is 6.04 Å². The third-order valence-electron chi connectivity index (χ3n) is 6.71. The number of nitrogens with one attached hydrogen (secondary N) is 1. The average molecular weight is 313 g/mol. The molecule has 1 aromatic rings. The third kappa shape index (κ3) is 2.49. The van der Waals surface area contributed by atoms with Crippen molar-refractivity contribution in [2.24, 2.45) is 29.4 Å². The quantitative estimate of drug-likeness (QED) is 0.896. The highest BCUT2D eigenvalue weighted by atomic mass is 15.3. The normalized spacial score (nSPS) is 41.5. The first-order valence-electron chi connectivity index (χ1n) is 9.34. The van der Waals surface area contributed by atoms with E-state index in [4.69, 9.17) is 10.7 Å². The van der Waals surface area contributed by atoms with Crippen LogP contribution in [-0.2, 0) is 0 Å². The van der Waals surface area contributed by atoms with Gasteiger partial charge in [0.2, 0.25) is 5.95 Å². The Balaban J connectivity index is 1.33. The fraction of sp³-hybridized carbons (Fsp3) is 0.778. The number of rotatable bonds is 3. The van der Waals surface area contributed by atoms with Crippen LogP contribution in [0.2, 0.25) is 0 Å². The molecule has 1 saturated heterocycles. The summed E-state index contributed by atoms with van der Waals surface area (Å²) in [6.07, 6.45) is 10.1. The van der Waals surface area contributed by atoms with Crippen LogP contribution in [-0.4, -0.2) is 35.1 Å². The summed E-state index contributed by atoms with van der Waals surface area (Å²) in [4.78, 5) is 11.6. The average Bonchev–Trinajstić information content (AvgIpc) is 2.97. The number of nitrogens with zero attached hydrogens (tertiary/aromatic N) is 3. The zero-order valence-electron chi connectivity index (χ0n) is 13.7. The summed E-state index contributed by atoms with van der Waals surface area (Å²) < 4.78 is 0. The Bertz CT molecular complexity index is 561. The number of hydrogen-bond donors (Lipinski definition) is 2. The fourth-order valence-electron chi connectivity index (χ4n) is 5.90. The van der Waals surface area contributed by atoms with Gasteiger partial charge in [-0.15, -0.1) is 0 Å². The lowest BCUT2D eigenvalue weighted by atomic mass is 9.54. The summed E-state index contributed by atoms with van der Waals surface area (Å²) in [6.45, 7) is 1.92. The smallest absolute Gasteiger partial charge is 0.224 e. The molecule has 4 bridgehead atoms. The van der Waals surface area contributed by atoms with Crippen molar-refractivity contribution in [3.63, 3.8) is 0 Å². The summed E-state index contributed by atoms with van der Waals surface area (Å²) in [5.41, 5.74) is 6.03. The van der Waals surface area contributed by atoms with Gasteiger partial charge < -0.3 is 16.0 Å². The molecule has 5 fully saturated rings. The van der Waals surface area contributed by atoms with Crippen molar-refractivity contribution >= 4 is 11.8 Å². The standard InChI is InChI=1S/C18H27N5/c19-15-2-4-23(10-15)16-1-3-20-18(21-16)22-17-13-6-11-5-12(8-13)9-14(17)7-11/h1,3,11-15,17H,2,4-10,19H2,(H,20,21,22)/t11?,12?,13?,14?,15-,17?/m1/s1. The van der Waals surface area contributed by atoms with Crippen molar-refractivity contribution in [3.8, 4) is 0 Å². The Labute approximate surface area is 138 Å². The Morgan fingerprint density at radius 1 is 1.09 bits per heavy atom. The van der Waals surface area contributed by atoms with Gasteiger partial charge in [0.25, 0.3) is 0 Å². The molecule has 23 heavy (non-hydrogen) atoms. The molecule has 5 aliphatic rings. The molecular formula is C18H27N5. The van der Waals surface area contributed by atoms with E-state index in [0.717, 1.165) is 54.9 Å². The molecule has 0 amide bonds. The number of aromatic nitrogens is 2. The minimum absolute atomic E-state index is 0.283. The summed E-state index contributed by atoms with van der Waals surface area (Å²) in [5.74, 6) is 5.56. The van der Waals surface area contributed by atoms with Gasteiger partial charge in [0.05, 0.1) is 0 Å². The van der Waals surface area contributed by atoms with Gasteiger partial charge in [0.1, 0.15) is 5.82 Å². The maximum atomic E-state index is 6.03. The highest BCUT2D eigenvalue weighted by molar-refractivity contribution is 5.44. The van der Waals surface area contributed by atoms with Crippen LogP contribution in [0.5, 0.6) is 0 Å². The molecule has 6 rings (SSSR count). The van der Waals surface area contributed by atoms with Crippen LogP contribution in [0.4, 0.5) is 11.8 Å². The molecule has 5 nitrogen and oxygen atoms in total. The largest absolute Gasteiger partial charge is 0.355 e. The SMILES string of the molecule is N[C@@H]1CCN(c2ccnc(NC3C4CC5CC(C4)CC3C5)n2)C1. The zero-order chi connectivity index (χ0) is 15.4. The van der Waals surface area contributed by atoms with Crippen LogP contribution in [0.15, 0.2) is 12.3 Å². The summed E-state index contributed by atoms with van der Waals surface area (Å²) in [7, 11) is 0. The van der Waals surface area contributed by atoms with E-state index in [2.05, 4.69) is 15.2 Å². The molecule has 0 aromatic carbocycles. The first-order chi connectivity index (χ1) is 11.2. The van der Waals surface area contributed by atoms with Crippen molar-refractivity contribution in [2.45, 2.75) is 50.6 Å². The van der Waals surface area contributed by atoms with E-state index in [9.17, 15) is 0 Å². The van der Waals surface area contributed by atoms with Crippen LogP contribution < -0.4 is 16.0 Å². The molecule has 1 aromatic heterocycles. The first-order valence-corrected chi connectivity index (χ1v) is 9.34. The second-order valence-corrected chi connectivity index (χ2v) is 8.33. The lowest BCUT2D eigenvalue weighted by molar-refractivity contribution is 0.00728. The summed E-state index contributed by atoms with van der Waals surface area (Å²) in [6, 6.07) is 2.89. The Morgan fingerprint density at radius 3 is 2.48 bits per heavy atom. The van der Waals surface area contributed by atoms with Crippen LogP contribution in [0.3, 0.4) is 0 Å². The van der Waals surface area contributed by atoms with Gasteiger partial charge in [0.15, 0.2) is 0 Å². The van der Waals surface area contributed by atoms with Gasteiger partial charge in [-0.1, -0.05) is 0 Å². The van der Waals surface area contributed by atoms with Crippen molar-refractivity contribution < 1.29 is 0 Å². The van der Waals surface area contributed by atoms with Crippen molar-refractivity contribution in [2.75, 3.05) is 23.3 Å². The number of hydrogen-bond acceptors (Lipinski definition) is 5. The maximum Gasteiger partial charge on any atom is 0.224 e. The molecule has 2 heterocycles. The molecule has 124 valence electrons. The van der Waals surface area contributed by atoms with Gasteiger partial charge in [-0.25, -0.2) is 4.98 Å². The Morgan fingerprint density at radius 2 is 1.83 bits per heavy atom. The Hall–Kier alpha value is -1.36. The van der Waals surface area contributed by atoms with Crippen LogP contribution in [0.25, 0.3) is 0 Å². The lowest BCUT2D eigenvalue weighted by Gasteiger charge is -2.54. The molecular weight excluding hydrogens is 286 g/mol. The van der Waals surface area contributed by atoms with E-state index < -0.39 is 0 Å². The predicted molar refractivity (Wildman–Crippen MR) is 91.3 cm³/mol. The van der Waals surface area contributed by atoms with Gasteiger partial charge in [-0.3, -0.25) is 0 Å². The number of anilines is 2. The second kappa shape index (κ2) is 5.33. The molecule has 1 atom stereocenters. The molecule has 4 saturated carbocycles. The highest BCUT2D eigenvalue weighted by Crippen LogP contribution is 2.54. The number of nitrogens with two attached hydrogens (primary N) is 1. The van der Waals surface area contributed by atoms with Crippen molar-refractivity contribution in [1.29, 1.82) is 0 Å². The van der Waals surface area contributed by atoms with Crippen LogP contribution >= 0.6 is 0 Å². The minimum Gasteiger partial charge on any atom is -0.355 e. The maximum absolute atomic E-state index is 6.03. The zero-order valence-corrected chi connectivity index (χ0v) is 13.7. The van der Waals surface area contributed by atoms with Crippen LogP contribution in [0.1, 0.15) is 38.5 Å². The molecule has 0 unspecified atom stereocenters. The third-order valence-corrected chi connectivity index (χ3v) is 6.71.